The van der Waals surface area contributed by atoms with Crippen LogP contribution in [0, 0.1) is 11.8 Å². The molecule has 0 saturated carbocycles. The minimum Gasteiger partial charge on any atom is -0.502 e. The van der Waals surface area contributed by atoms with Gasteiger partial charge in [0.2, 0.25) is 5.75 Å². The zero-order valence-electron chi connectivity index (χ0n) is 19.5. The number of tetrazole rings is 1. The van der Waals surface area contributed by atoms with E-state index in [0.717, 1.165) is 49.5 Å². The lowest BCUT2D eigenvalue weighted by Gasteiger charge is -2.26. The molecule has 36 heavy (non-hydrogen) atoms. The highest BCUT2D eigenvalue weighted by atomic mass is 16.5. The van der Waals surface area contributed by atoms with E-state index < -0.39 is 17.2 Å². The number of aromatic amines is 2. The number of ether oxygens (including phenoxy) is 1. The van der Waals surface area contributed by atoms with Crippen LogP contribution in [-0.2, 0) is 17.7 Å². The fraction of sp³-hybridized carbons (Fsp3) is 0.269. The topological polar surface area (TPSA) is 133 Å². The molecule has 2 aromatic heterocycles. The highest BCUT2D eigenvalue weighted by Gasteiger charge is 2.24. The van der Waals surface area contributed by atoms with E-state index in [1.165, 1.54) is 11.9 Å². The standard InChI is InChI=1S/C26H25N7O3/c34-24-23(27-17-28-26(24)35)22(25-29-31-32-30-25)15-20-7-3-18(4-8-20)1-2-19-5-9-21(10-6-19)16-33-11-13-36-14-12-33/h3-10,17,22,34H,11-16H2,(H,27,28,35)(H,29,30,31,32). The molecule has 1 atom stereocenters. The van der Waals surface area contributed by atoms with Crippen LogP contribution >= 0.6 is 0 Å². The predicted octanol–water partition coefficient (Wildman–Crippen LogP) is 1.60. The van der Waals surface area contributed by atoms with Gasteiger partial charge in [-0.3, -0.25) is 9.69 Å². The zero-order valence-corrected chi connectivity index (χ0v) is 19.5. The van der Waals surface area contributed by atoms with Gasteiger partial charge in [-0.05, 0) is 52.2 Å². The quantitative estimate of drug-likeness (QED) is 0.352. The van der Waals surface area contributed by atoms with Gasteiger partial charge in [-0.2, -0.15) is 0 Å². The van der Waals surface area contributed by atoms with E-state index in [9.17, 15) is 9.90 Å². The van der Waals surface area contributed by atoms with Crippen molar-refractivity contribution in [2.24, 2.45) is 0 Å². The van der Waals surface area contributed by atoms with E-state index >= 15 is 0 Å². The van der Waals surface area contributed by atoms with Crippen LogP contribution in [0.15, 0.2) is 59.7 Å². The first-order valence-electron chi connectivity index (χ1n) is 11.7. The third-order valence-corrected chi connectivity index (χ3v) is 6.09. The van der Waals surface area contributed by atoms with Gasteiger partial charge in [0.1, 0.15) is 5.69 Å². The Morgan fingerprint density at radius 1 is 1.00 bits per heavy atom. The first-order valence-corrected chi connectivity index (χ1v) is 11.7. The van der Waals surface area contributed by atoms with E-state index in [1.54, 1.807) is 0 Å². The average molecular weight is 484 g/mol. The van der Waals surface area contributed by atoms with E-state index in [1.807, 2.05) is 36.4 Å². The summed E-state index contributed by atoms with van der Waals surface area (Å²) in [5, 5.41) is 24.2. The average Bonchev–Trinajstić information content (AvgIpc) is 3.45. The molecule has 1 fully saturated rings. The van der Waals surface area contributed by atoms with Crippen LogP contribution in [0.2, 0.25) is 0 Å². The van der Waals surface area contributed by atoms with Crippen molar-refractivity contribution in [3.63, 3.8) is 0 Å². The van der Waals surface area contributed by atoms with Crippen molar-refractivity contribution in [3.8, 4) is 17.6 Å². The summed E-state index contributed by atoms with van der Waals surface area (Å²) in [5.74, 6) is 5.86. The van der Waals surface area contributed by atoms with Gasteiger partial charge in [-0.1, -0.05) is 36.1 Å². The minimum absolute atomic E-state index is 0.207. The van der Waals surface area contributed by atoms with Gasteiger partial charge in [0.05, 0.1) is 25.5 Å². The van der Waals surface area contributed by atoms with E-state index in [0.29, 0.717) is 12.2 Å². The molecule has 3 heterocycles. The largest absolute Gasteiger partial charge is 0.502 e. The summed E-state index contributed by atoms with van der Waals surface area (Å²) in [5.41, 5.74) is 3.65. The van der Waals surface area contributed by atoms with Gasteiger partial charge in [0, 0.05) is 30.8 Å². The van der Waals surface area contributed by atoms with Gasteiger partial charge >= 0.3 is 0 Å². The number of nitrogens with zero attached hydrogens (tertiary/aromatic N) is 5. The van der Waals surface area contributed by atoms with E-state index in [-0.39, 0.29) is 5.69 Å². The zero-order chi connectivity index (χ0) is 24.7. The summed E-state index contributed by atoms with van der Waals surface area (Å²) in [6.45, 7) is 4.45. The number of rotatable bonds is 6. The minimum atomic E-state index is -0.614. The van der Waals surface area contributed by atoms with Crippen molar-refractivity contribution in [2.75, 3.05) is 26.3 Å². The summed E-state index contributed by atoms with van der Waals surface area (Å²) in [6, 6.07) is 16.1. The van der Waals surface area contributed by atoms with Gasteiger partial charge in [-0.25, -0.2) is 10.1 Å². The number of hydrogen-bond donors (Lipinski definition) is 3. The van der Waals surface area contributed by atoms with E-state index in [4.69, 9.17) is 4.74 Å². The molecule has 1 saturated heterocycles. The number of aromatic nitrogens is 6. The van der Waals surface area contributed by atoms with Gasteiger partial charge in [-0.15, -0.1) is 5.10 Å². The Hall–Kier alpha value is -4.33. The SMILES string of the molecule is O=c1[nH]cnc(C(Cc2ccc(C#Cc3ccc(CN4CCOCC4)cc3)cc2)c2nnn[nH]2)c1O. The third kappa shape index (κ3) is 5.66. The number of hydrogen-bond acceptors (Lipinski definition) is 8. The van der Waals surface area contributed by atoms with Crippen LogP contribution in [0.4, 0.5) is 0 Å². The van der Waals surface area contributed by atoms with Gasteiger partial charge in [0.15, 0.2) is 5.82 Å². The van der Waals surface area contributed by atoms with Crippen LogP contribution in [-0.4, -0.2) is 66.9 Å². The maximum absolute atomic E-state index is 11.9. The molecule has 0 spiro atoms. The van der Waals surface area contributed by atoms with Crippen LogP contribution in [0.5, 0.6) is 5.75 Å². The molecule has 1 aliphatic heterocycles. The second kappa shape index (κ2) is 10.9. The Labute approximate surface area is 207 Å². The van der Waals surface area contributed by atoms with Crippen LogP contribution in [0.3, 0.4) is 0 Å². The Morgan fingerprint density at radius 3 is 2.31 bits per heavy atom. The van der Waals surface area contributed by atoms with Crippen molar-refractivity contribution in [1.82, 2.24) is 35.5 Å². The molecule has 0 amide bonds. The number of nitrogens with one attached hydrogen (secondary N) is 2. The van der Waals surface area contributed by atoms with Gasteiger partial charge in [0.25, 0.3) is 5.56 Å². The summed E-state index contributed by atoms with van der Waals surface area (Å²) in [4.78, 5) is 20.8. The molecule has 0 radical (unpaired) electrons. The number of H-pyrrole nitrogens is 2. The molecule has 1 aliphatic rings. The number of aromatic hydroxyl groups is 1. The maximum Gasteiger partial charge on any atom is 0.293 e. The first kappa shape index (κ1) is 23.4. The first-order chi connectivity index (χ1) is 17.7. The van der Waals surface area contributed by atoms with Crippen molar-refractivity contribution < 1.29 is 9.84 Å². The molecule has 0 aliphatic carbocycles. The Balaban J connectivity index is 1.27. The summed E-state index contributed by atoms with van der Waals surface area (Å²) < 4.78 is 5.41. The Bertz CT molecular complexity index is 1400. The molecule has 10 heteroatoms. The van der Waals surface area contributed by atoms with Gasteiger partial charge < -0.3 is 14.8 Å². The molecule has 4 aromatic rings. The number of morpholine rings is 1. The molecule has 5 rings (SSSR count). The maximum atomic E-state index is 11.9. The lowest BCUT2D eigenvalue weighted by atomic mass is 9.94. The highest BCUT2D eigenvalue weighted by Crippen LogP contribution is 2.28. The van der Waals surface area contributed by atoms with Crippen LogP contribution < -0.4 is 5.56 Å². The summed E-state index contributed by atoms with van der Waals surface area (Å²) in [6.07, 6.45) is 1.68. The summed E-state index contributed by atoms with van der Waals surface area (Å²) >= 11 is 0. The molecule has 0 bridgehead atoms. The third-order valence-electron chi connectivity index (χ3n) is 6.09. The monoisotopic (exact) mass is 483 g/mol. The molecule has 3 N–H and O–H groups in total. The lowest BCUT2D eigenvalue weighted by molar-refractivity contribution is 0.0342. The lowest BCUT2D eigenvalue weighted by Crippen LogP contribution is -2.35. The Morgan fingerprint density at radius 2 is 1.67 bits per heavy atom. The van der Waals surface area contributed by atoms with E-state index in [2.05, 4.69) is 59.5 Å². The fourth-order valence-corrected chi connectivity index (χ4v) is 4.11. The second-order valence-corrected chi connectivity index (χ2v) is 8.54. The van der Waals surface area contributed by atoms with Crippen LogP contribution in [0.25, 0.3) is 0 Å². The normalized spacial score (nSPS) is 14.7. The highest BCUT2D eigenvalue weighted by molar-refractivity contribution is 5.44. The van der Waals surface area contributed by atoms with Crippen molar-refractivity contribution in [2.45, 2.75) is 18.9 Å². The molecular weight excluding hydrogens is 458 g/mol. The fourth-order valence-electron chi connectivity index (χ4n) is 4.11. The molecule has 2 aromatic carbocycles. The molecule has 182 valence electrons. The van der Waals surface area contributed by atoms with Crippen LogP contribution in [0.1, 0.15) is 39.7 Å². The van der Waals surface area contributed by atoms with Crippen molar-refractivity contribution in [3.05, 3.63) is 99.0 Å². The molecular formula is C26H25N7O3. The summed E-state index contributed by atoms with van der Waals surface area (Å²) in [7, 11) is 0. The predicted molar refractivity (Wildman–Crippen MR) is 131 cm³/mol. The number of benzene rings is 2. The molecule has 10 nitrogen and oxygen atoms in total. The second-order valence-electron chi connectivity index (χ2n) is 8.54. The van der Waals surface area contributed by atoms with Crippen molar-refractivity contribution in [1.29, 1.82) is 0 Å². The van der Waals surface area contributed by atoms with Crippen molar-refractivity contribution >= 4 is 0 Å². The Kier molecular flexibility index (Phi) is 7.12. The molecule has 1 unspecified atom stereocenters. The smallest absolute Gasteiger partial charge is 0.293 e.